The maximum Gasteiger partial charge on any atom is 0.171 e. The molecule has 1 fully saturated rings. The highest BCUT2D eigenvalue weighted by molar-refractivity contribution is 7.81. The molecule has 0 amide bonds. The Kier molecular flexibility index (Phi) is 4.78. The molecular formula is C20H21OP. The summed E-state index contributed by atoms with van der Waals surface area (Å²) in [5.41, 5.74) is 4.71. The Balaban J connectivity index is 2.08. The molecule has 0 aliphatic heterocycles. The Hall–Kier alpha value is -1.81. The van der Waals surface area contributed by atoms with E-state index in [2.05, 4.69) is 5.73 Å². The molecule has 1 aliphatic rings. The predicted octanol–water partition coefficient (Wildman–Crippen LogP) is 5.00. The van der Waals surface area contributed by atoms with Gasteiger partial charge in [0.1, 0.15) is 0 Å². The number of allylic oxidation sites excluding steroid dienone is 1. The van der Waals surface area contributed by atoms with E-state index in [9.17, 15) is 4.57 Å². The van der Waals surface area contributed by atoms with Gasteiger partial charge in [0.05, 0.1) is 0 Å². The van der Waals surface area contributed by atoms with Crippen LogP contribution in [0.3, 0.4) is 0 Å². The van der Waals surface area contributed by atoms with Gasteiger partial charge < -0.3 is 4.57 Å². The summed E-state index contributed by atoms with van der Waals surface area (Å²) in [5, 5.41) is 1.76. The highest BCUT2D eigenvalue weighted by Gasteiger charge is 2.23. The molecule has 1 saturated carbocycles. The molecule has 0 atom stereocenters. The number of rotatable bonds is 3. The van der Waals surface area contributed by atoms with Gasteiger partial charge in [-0.25, -0.2) is 0 Å². The zero-order chi connectivity index (χ0) is 15.3. The maximum atomic E-state index is 13.7. The molecule has 112 valence electrons. The SMILES string of the molecule is O=P(C=C=C1CCCCC1)(c1ccccc1)c1ccccc1. The molecule has 0 saturated heterocycles. The first-order valence-corrected chi connectivity index (χ1v) is 9.73. The molecule has 0 radical (unpaired) electrons. The van der Waals surface area contributed by atoms with Gasteiger partial charge in [-0.2, -0.15) is 0 Å². The Bertz CT molecular complexity index is 673. The van der Waals surface area contributed by atoms with E-state index in [1.807, 2.05) is 66.5 Å². The second kappa shape index (κ2) is 6.97. The van der Waals surface area contributed by atoms with Crippen LogP contribution in [0.1, 0.15) is 32.1 Å². The topological polar surface area (TPSA) is 17.1 Å². The third-order valence-corrected chi connectivity index (χ3v) is 6.81. The molecule has 0 unspecified atom stereocenters. The minimum absolute atomic E-state index is 0.880. The molecule has 0 heterocycles. The van der Waals surface area contributed by atoms with Gasteiger partial charge in [0, 0.05) is 16.4 Å². The minimum Gasteiger partial charge on any atom is -0.309 e. The van der Waals surface area contributed by atoms with E-state index in [1.165, 1.54) is 24.8 Å². The number of hydrogen-bond acceptors (Lipinski definition) is 1. The zero-order valence-corrected chi connectivity index (χ0v) is 13.6. The molecule has 0 N–H and O–H groups in total. The van der Waals surface area contributed by atoms with Gasteiger partial charge in [-0.15, -0.1) is 5.73 Å². The van der Waals surface area contributed by atoms with E-state index >= 15 is 0 Å². The van der Waals surface area contributed by atoms with E-state index in [4.69, 9.17) is 0 Å². The maximum absolute atomic E-state index is 13.7. The summed E-state index contributed by atoms with van der Waals surface area (Å²) in [4.78, 5) is 0. The predicted molar refractivity (Wildman–Crippen MR) is 94.4 cm³/mol. The van der Waals surface area contributed by atoms with Gasteiger partial charge in [-0.05, 0) is 31.3 Å². The van der Waals surface area contributed by atoms with Crippen LogP contribution in [-0.4, -0.2) is 0 Å². The largest absolute Gasteiger partial charge is 0.309 e. The van der Waals surface area contributed by atoms with Crippen LogP contribution < -0.4 is 10.6 Å². The summed E-state index contributed by atoms with van der Waals surface area (Å²) in [5.74, 6) is 1.85. The molecule has 2 heteroatoms. The average Bonchev–Trinajstić information content (AvgIpc) is 2.62. The molecule has 0 bridgehead atoms. The van der Waals surface area contributed by atoms with Crippen LogP contribution in [-0.2, 0) is 4.57 Å². The van der Waals surface area contributed by atoms with Crippen LogP contribution in [0, 0.1) is 0 Å². The van der Waals surface area contributed by atoms with Crippen molar-refractivity contribution in [3.05, 3.63) is 77.8 Å². The molecule has 2 aromatic rings. The first kappa shape index (κ1) is 15.1. The summed E-state index contributed by atoms with van der Waals surface area (Å²) in [6.45, 7) is 0. The summed E-state index contributed by atoms with van der Waals surface area (Å²) >= 11 is 0. The van der Waals surface area contributed by atoms with Crippen molar-refractivity contribution in [2.24, 2.45) is 0 Å². The summed E-state index contributed by atoms with van der Waals surface area (Å²) in [6, 6.07) is 19.5. The molecule has 1 nitrogen and oxygen atoms in total. The van der Waals surface area contributed by atoms with Crippen LogP contribution in [0.2, 0.25) is 0 Å². The lowest BCUT2D eigenvalue weighted by Gasteiger charge is -2.15. The summed E-state index contributed by atoms with van der Waals surface area (Å²) in [6.07, 6.45) is 5.97. The summed E-state index contributed by atoms with van der Waals surface area (Å²) in [7, 11) is -2.75. The van der Waals surface area contributed by atoms with Gasteiger partial charge >= 0.3 is 0 Å². The Morgan fingerprint density at radius 1 is 0.773 bits per heavy atom. The third-order valence-electron chi connectivity index (χ3n) is 4.19. The normalized spacial score (nSPS) is 15.2. The van der Waals surface area contributed by atoms with Crippen molar-refractivity contribution in [3.8, 4) is 0 Å². The fourth-order valence-electron chi connectivity index (χ4n) is 2.90. The molecule has 0 aromatic heterocycles. The highest BCUT2D eigenvalue weighted by atomic mass is 31.2. The highest BCUT2D eigenvalue weighted by Crippen LogP contribution is 2.44. The van der Waals surface area contributed by atoms with Crippen molar-refractivity contribution in [2.75, 3.05) is 0 Å². The number of benzene rings is 2. The molecule has 22 heavy (non-hydrogen) atoms. The molecule has 3 rings (SSSR count). The quantitative estimate of drug-likeness (QED) is 0.576. The Morgan fingerprint density at radius 3 is 1.77 bits per heavy atom. The van der Waals surface area contributed by atoms with E-state index in [0.29, 0.717) is 0 Å². The Labute approximate surface area is 132 Å². The van der Waals surface area contributed by atoms with Gasteiger partial charge in [0.2, 0.25) is 0 Å². The van der Waals surface area contributed by atoms with Gasteiger partial charge in [0.25, 0.3) is 0 Å². The van der Waals surface area contributed by atoms with Crippen molar-refractivity contribution < 1.29 is 4.57 Å². The number of hydrogen-bond donors (Lipinski definition) is 0. The molecule has 1 aliphatic carbocycles. The lowest BCUT2D eigenvalue weighted by molar-refractivity contribution is 0.591. The second-order valence-electron chi connectivity index (χ2n) is 5.77. The fourth-order valence-corrected chi connectivity index (χ4v) is 5.09. The van der Waals surface area contributed by atoms with Crippen molar-refractivity contribution in [3.63, 3.8) is 0 Å². The standard InChI is InChI=1S/C20H21OP/c21-22(19-12-6-2-7-13-19,20-14-8-3-9-15-20)17-16-18-10-4-1-5-11-18/h2-3,6-9,12-15,17H,1,4-5,10-11H2. The lowest BCUT2D eigenvalue weighted by atomic mass is 9.96. The molecular weight excluding hydrogens is 287 g/mol. The van der Waals surface area contributed by atoms with Crippen LogP contribution >= 0.6 is 7.14 Å². The van der Waals surface area contributed by atoms with Crippen molar-refractivity contribution in [1.29, 1.82) is 0 Å². The van der Waals surface area contributed by atoms with E-state index in [-0.39, 0.29) is 0 Å². The van der Waals surface area contributed by atoms with Crippen LogP contribution in [0.5, 0.6) is 0 Å². The Morgan fingerprint density at radius 2 is 1.27 bits per heavy atom. The second-order valence-corrected chi connectivity index (χ2v) is 8.37. The van der Waals surface area contributed by atoms with Crippen LogP contribution in [0.25, 0.3) is 0 Å². The minimum atomic E-state index is -2.75. The first-order chi connectivity index (χ1) is 10.8. The van der Waals surface area contributed by atoms with Gasteiger partial charge in [-0.3, -0.25) is 0 Å². The van der Waals surface area contributed by atoms with Crippen LogP contribution in [0.15, 0.2) is 77.8 Å². The van der Waals surface area contributed by atoms with Gasteiger partial charge in [0.15, 0.2) is 7.14 Å². The molecule has 0 spiro atoms. The van der Waals surface area contributed by atoms with E-state index in [1.54, 1.807) is 0 Å². The first-order valence-electron chi connectivity index (χ1n) is 7.96. The zero-order valence-electron chi connectivity index (χ0n) is 12.7. The summed E-state index contributed by atoms with van der Waals surface area (Å²) < 4.78 is 13.7. The van der Waals surface area contributed by atoms with E-state index in [0.717, 1.165) is 23.5 Å². The van der Waals surface area contributed by atoms with Crippen molar-refractivity contribution >= 4 is 17.8 Å². The average molecular weight is 308 g/mol. The van der Waals surface area contributed by atoms with Crippen LogP contribution in [0.4, 0.5) is 0 Å². The smallest absolute Gasteiger partial charge is 0.171 e. The van der Waals surface area contributed by atoms with Crippen molar-refractivity contribution in [2.45, 2.75) is 32.1 Å². The fraction of sp³-hybridized carbons (Fsp3) is 0.250. The monoisotopic (exact) mass is 308 g/mol. The van der Waals surface area contributed by atoms with E-state index < -0.39 is 7.14 Å². The third kappa shape index (κ3) is 3.33. The van der Waals surface area contributed by atoms with Crippen molar-refractivity contribution in [1.82, 2.24) is 0 Å². The molecule has 2 aromatic carbocycles. The lowest BCUT2D eigenvalue weighted by Crippen LogP contribution is -2.13. The van der Waals surface area contributed by atoms with Gasteiger partial charge in [-0.1, -0.05) is 67.1 Å².